The molecule has 1 aromatic heterocycles. The van der Waals surface area contributed by atoms with Crippen LogP contribution in [0.5, 0.6) is 11.6 Å². The largest absolute Gasteiger partial charge is 0.497 e. The molecular weight excluding hydrogens is 360 g/mol. The molecule has 1 aromatic carbocycles. The number of halogens is 1. The lowest BCUT2D eigenvalue weighted by molar-refractivity contribution is -0.139. The predicted molar refractivity (Wildman–Crippen MR) is 89.6 cm³/mol. The fraction of sp³-hybridized carbons (Fsp3) is 0.294. The molecule has 0 bridgehead atoms. The highest BCUT2D eigenvalue weighted by Gasteiger charge is 2.32. The van der Waals surface area contributed by atoms with Crippen LogP contribution in [0.2, 0.25) is 0 Å². The Bertz CT molecular complexity index is 684. The van der Waals surface area contributed by atoms with Crippen LogP contribution in [-0.4, -0.2) is 42.1 Å². The molecule has 0 radical (unpaired) electrons. The van der Waals surface area contributed by atoms with Crippen LogP contribution in [0.1, 0.15) is 5.56 Å². The van der Waals surface area contributed by atoms with Gasteiger partial charge in [-0.25, -0.2) is 4.98 Å². The molecule has 6 heteroatoms. The van der Waals surface area contributed by atoms with Crippen molar-refractivity contribution in [3.8, 4) is 11.6 Å². The van der Waals surface area contributed by atoms with Crippen molar-refractivity contribution in [2.75, 3.05) is 20.2 Å². The van der Waals surface area contributed by atoms with E-state index < -0.39 is 0 Å². The number of amides is 1. The average molecular weight is 377 g/mol. The van der Waals surface area contributed by atoms with Crippen LogP contribution in [0.25, 0.3) is 0 Å². The summed E-state index contributed by atoms with van der Waals surface area (Å²) in [6, 6.07) is 11.3. The first-order valence-electron chi connectivity index (χ1n) is 7.33. The quantitative estimate of drug-likeness (QED) is 0.804. The normalized spacial score (nSPS) is 14.3. The number of hydrogen-bond donors (Lipinski definition) is 0. The Kier molecular flexibility index (Phi) is 4.81. The van der Waals surface area contributed by atoms with Gasteiger partial charge in [0.05, 0.1) is 31.1 Å². The molecule has 1 amide bonds. The van der Waals surface area contributed by atoms with E-state index in [1.807, 2.05) is 36.4 Å². The fourth-order valence-electron chi connectivity index (χ4n) is 2.36. The maximum atomic E-state index is 12.2. The summed E-state index contributed by atoms with van der Waals surface area (Å²) in [7, 11) is 1.63. The number of benzene rings is 1. The first-order chi connectivity index (χ1) is 11.2. The molecule has 1 aliphatic heterocycles. The van der Waals surface area contributed by atoms with Gasteiger partial charge in [-0.1, -0.05) is 12.1 Å². The van der Waals surface area contributed by atoms with Gasteiger partial charge in [-0.15, -0.1) is 0 Å². The molecule has 0 saturated carbocycles. The van der Waals surface area contributed by atoms with Gasteiger partial charge in [0.1, 0.15) is 11.9 Å². The molecule has 1 fully saturated rings. The Morgan fingerprint density at radius 3 is 2.70 bits per heavy atom. The van der Waals surface area contributed by atoms with Gasteiger partial charge in [0.25, 0.3) is 0 Å². The predicted octanol–water partition coefficient (Wildman–Crippen LogP) is 2.69. The summed E-state index contributed by atoms with van der Waals surface area (Å²) in [6.07, 6.45) is 2.08. The van der Waals surface area contributed by atoms with Crippen molar-refractivity contribution >= 4 is 21.8 Å². The lowest BCUT2D eigenvalue weighted by Crippen LogP contribution is -2.56. The fourth-order valence-corrected chi connectivity index (χ4v) is 2.71. The van der Waals surface area contributed by atoms with Crippen LogP contribution < -0.4 is 9.47 Å². The molecular formula is C17H17BrN2O3. The number of methoxy groups -OCH3 is 1. The van der Waals surface area contributed by atoms with E-state index in [0.29, 0.717) is 25.4 Å². The molecule has 5 nitrogen and oxygen atoms in total. The monoisotopic (exact) mass is 376 g/mol. The zero-order valence-corrected chi connectivity index (χ0v) is 14.3. The molecule has 0 N–H and O–H groups in total. The number of aromatic nitrogens is 1. The topological polar surface area (TPSA) is 51.7 Å². The molecule has 23 heavy (non-hydrogen) atoms. The van der Waals surface area contributed by atoms with Gasteiger partial charge in [-0.05, 0) is 45.8 Å². The van der Waals surface area contributed by atoms with E-state index in [9.17, 15) is 4.79 Å². The van der Waals surface area contributed by atoms with Crippen molar-refractivity contribution < 1.29 is 14.3 Å². The van der Waals surface area contributed by atoms with E-state index in [1.165, 1.54) is 0 Å². The van der Waals surface area contributed by atoms with Crippen LogP contribution in [-0.2, 0) is 11.2 Å². The second-order valence-electron chi connectivity index (χ2n) is 5.35. The Morgan fingerprint density at radius 2 is 2.04 bits per heavy atom. The molecule has 2 heterocycles. The van der Waals surface area contributed by atoms with Gasteiger partial charge < -0.3 is 14.4 Å². The molecule has 3 rings (SSSR count). The summed E-state index contributed by atoms with van der Waals surface area (Å²) >= 11 is 3.40. The summed E-state index contributed by atoms with van der Waals surface area (Å²) < 4.78 is 11.7. The van der Waals surface area contributed by atoms with E-state index in [4.69, 9.17) is 9.47 Å². The second kappa shape index (κ2) is 7.00. The van der Waals surface area contributed by atoms with E-state index in [2.05, 4.69) is 20.9 Å². The lowest BCUT2D eigenvalue weighted by Gasteiger charge is -2.38. The van der Waals surface area contributed by atoms with Gasteiger partial charge in [-0.3, -0.25) is 4.79 Å². The number of hydrogen-bond acceptors (Lipinski definition) is 4. The Morgan fingerprint density at radius 1 is 1.30 bits per heavy atom. The van der Waals surface area contributed by atoms with Crippen molar-refractivity contribution in [3.63, 3.8) is 0 Å². The second-order valence-corrected chi connectivity index (χ2v) is 6.21. The van der Waals surface area contributed by atoms with Crippen molar-refractivity contribution in [3.05, 3.63) is 52.6 Å². The number of nitrogens with zero attached hydrogens (tertiary/aromatic N) is 2. The highest BCUT2D eigenvalue weighted by Crippen LogP contribution is 2.24. The maximum Gasteiger partial charge on any atom is 0.228 e. The third-order valence-corrected chi connectivity index (χ3v) is 4.32. The van der Waals surface area contributed by atoms with E-state index in [1.54, 1.807) is 18.2 Å². The minimum absolute atomic E-state index is 0.000942. The van der Waals surface area contributed by atoms with Gasteiger partial charge in [-0.2, -0.15) is 0 Å². The first-order valence-corrected chi connectivity index (χ1v) is 8.13. The Hall–Kier alpha value is -2.08. The highest BCUT2D eigenvalue weighted by molar-refractivity contribution is 9.10. The zero-order valence-electron chi connectivity index (χ0n) is 12.7. The minimum Gasteiger partial charge on any atom is -0.497 e. The van der Waals surface area contributed by atoms with E-state index >= 15 is 0 Å². The van der Waals surface area contributed by atoms with Crippen molar-refractivity contribution in [2.45, 2.75) is 12.5 Å². The lowest BCUT2D eigenvalue weighted by atomic mass is 10.1. The van der Waals surface area contributed by atoms with Crippen LogP contribution in [0.15, 0.2) is 47.1 Å². The molecule has 120 valence electrons. The summed E-state index contributed by atoms with van der Waals surface area (Å²) in [5.74, 6) is 1.47. The Labute approximate surface area is 143 Å². The molecule has 1 aliphatic rings. The number of carbonyl (C=O) groups is 1. The van der Waals surface area contributed by atoms with Gasteiger partial charge in [0.15, 0.2) is 0 Å². The standard InChI is InChI=1S/C17H17BrN2O3/c1-22-13-6-4-12(5-7-13)9-16(21)20-10-14(11-20)23-17-15(18)3-2-8-19-17/h2-8,14H,9-11H2,1H3. The summed E-state index contributed by atoms with van der Waals surface area (Å²) in [6.45, 7) is 1.19. The molecule has 2 aromatic rings. The third-order valence-electron chi connectivity index (χ3n) is 3.72. The summed E-state index contributed by atoms with van der Waals surface area (Å²) in [5, 5.41) is 0. The van der Waals surface area contributed by atoms with Crippen LogP contribution in [0.4, 0.5) is 0 Å². The van der Waals surface area contributed by atoms with Gasteiger partial charge >= 0.3 is 0 Å². The van der Waals surface area contributed by atoms with E-state index in [-0.39, 0.29) is 12.0 Å². The van der Waals surface area contributed by atoms with Gasteiger partial charge in [0.2, 0.25) is 11.8 Å². The van der Waals surface area contributed by atoms with Crippen LogP contribution in [0.3, 0.4) is 0 Å². The number of likely N-dealkylation sites (tertiary alicyclic amines) is 1. The number of carbonyl (C=O) groups excluding carboxylic acids is 1. The van der Waals surface area contributed by atoms with E-state index in [0.717, 1.165) is 15.8 Å². The first kappa shape index (κ1) is 15.8. The van der Waals surface area contributed by atoms with Crippen molar-refractivity contribution in [1.29, 1.82) is 0 Å². The molecule has 1 saturated heterocycles. The summed E-state index contributed by atoms with van der Waals surface area (Å²) in [5.41, 5.74) is 0.979. The average Bonchev–Trinajstić information content (AvgIpc) is 2.52. The smallest absolute Gasteiger partial charge is 0.228 e. The third kappa shape index (κ3) is 3.82. The highest BCUT2D eigenvalue weighted by atomic mass is 79.9. The van der Waals surface area contributed by atoms with Crippen molar-refractivity contribution in [1.82, 2.24) is 9.88 Å². The van der Waals surface area contributed by atoms with Crippen molar-refractivity contribution in [2.24, 2.45) is 0 Å². The molecule has 0 aliphatic carbocycles. The van der Waals surface area contributed by atoms with Crippen LogP contribution in [0, 0.1) is 0 Å². The molecule has 0 atom stereocenters. The molecule has 0 unspecified atom stereocenters. The van der Waals surface area contributed by atoms with Crippen LogP contribution >= 0.6 is 15.9 Å². The number of pyridine rings is 1. The van der Waals surface area contributed by atoms with Gasteiger partial charge in [0, 0.05) is 6.20 Å². The maximum absolute atomic E-state index is 12.2. The SMILES string of the molecule is COc1ccc(CC(=O)N2CC(Oc3ncccc3Br)C2)cc1. The summed E-state index contributed by atoms with van der Waals surface area (Å²) in [4.78, 5) is 18.2. The zero-order chi connectivity index (χ0) is 16.2. The molecule has 0 spiro atoms. The number of rotatable bonds is 5. The number of ether oxygens (including phenoxy) is 2. The Balaban J connectivity index is 1.48. The minimum atomic E-state index is 0.000942.